The highest BCUT2D eigenvalue weighted by molar-refractivity contribution is 5.91. The zero-order valence-corrected chi connectivity index (χ0v) is 18.3. The molecular weight excluding hydrogens is 382 g/mol. The van der Waals surface area contributed by atoms with Crippen molar-refractivity contribution < 1.29 is 9.42 Å². The molecule has 4 nitrogen and oxygen atoms in total. The minimum Gasteiger partial charge on any atom is -0.497 e. The maximum atomic E-state index is 5.53. The van der Waals surface area contributed by atoms with Crippen molar-refractivity contribution in [1.82, 2.24) is 4.52 Å². The largest absolute Gasteiger partial charge is 0.497 e. The number of rotatable bonds is 4. The SMILES string of the molecule is COc1ccc2/c(=C/c3ccc(N(C)C)cc3)c3cc(-c4ccccc4)[n+](C)n3c2c1. The molecule has 5 rings (SSSR count). The molecule has 5 aromatic rings. The fourth-order valence-corrected chi connectivity index (χ4v) is 4.28. The first-order valence-corrected chi connectivity index (χ1v) is 10.4. The Morgan fingerprint density at radius 3 is 2.29 bits per heavy atom. The Kier molecular flexibility index (Phi) is 4.63. The summed E-state index contributed by atoms with van der Waals surface area (Å²) in [5.41, 5.74) is 7.07. The van der Waals surface area contributed by atoms with Gasteiger partial charge in [-0.2, -0.15) is 0 Å². The number of fused-ring (bicyclic) bond motifs is 3. The van der Waals surface area contributed by atoms with Gasteiger partial charge in [0, 0.05) is 48.1 Å². The lowest BCUT2D eigenvalue weighted by atomic mass is 10.1. The van der Waals surface area contributed by atoms with Gasteiger partial charge in [-0.15, -0.1) is 9.20 Å². The first kappa shape index (κ1) is 19.2. The van der Waals surface area contributed by atoms with Crippen LogP contribution in [0.3, 0.4) is 0 Å². The van der Waals surface area contributed by atoms with E-state index in [1.165, 1.54) is 38.6 Å². The predicted molar refractivity (Wildman–Crippen MR) is 128 cm³/mol. The van der Waals surface area contributed by atoms with E-state index >= 15 is 0 Å². The Balaban J connectivity index is 1.81. The second kappa shape index (κ2) is 7.47. The van der Waals surface area contributed by atoms with Gasteiger partial charge in [-0.25, -0.2) is 0 Å². The minimum atomic E-state index is 0.858. The minimum absolute atomic E-state index is 0.858. The molecule has 0 N–H and O–H groups in total. The van der Waals surface area contributed by atoms with Crippen LogP contribution in [-0.4, -0.2) is 25.7 Å². The molecule has 0 aliphatic carbocycles. The second-order valence-electron chi connectivity index (χ2n) is 8.04. The summed E-state index contributed by atoms with van der Waals surface area (Å²) in [7, 11) is 7.95. The highest BCUT2D eigenvalue weighted by atomic mass is 16.5. The van der Waals surface area contributed by atoms with Crippen LogP contribution in [0.5, 0.6) is 5.75 Å². The number of nitrogens with zero attached hydrogens (tertiary/aromatic N) is 3. The molecule has 0 saturated heterocycles. The number of methoxy groups -OCH3 is 1. The van der Waals surface area contributed by atoms with Crippen molar-refractivity contribution in [2.75, 3.05) is 26.1 Å². The third-order valence-electron chi connectivity index (χ3n) is 5.94. The van der Waals surface area contributed by atoms with Gasteiger partial charge in [-0.3, -0.25) is 0 Å². The molecule has 0 bridgehead atoms. The van der Waals surface area contributed by atoms with Crippen LogP contribution in [0.15, 0.2) is 78.9 Å². The maximum absolute atomic E-state index is 5.53. The first-order valence-electron chi connectivity index (χ1n) is 10.4. The van der Waals surface area contributed by atoms with Gasteiger partial charge in [0.1, 0.15) is 16.8 Å². The van der Waals surface area contributed by atoms with Gasteiger partial charge in [0.2, 0.25) is 5.69 Å². The topological polar surface area (TPSA) is 20.8 Å². The Bertz CT molecular complexity index is 1430. The third-order valence-corrected chi connectivity index (χ3v) is 5.94. The Morgan fingerprint density at radius 1 is 0.871 bits per heavy atom. The molecule has 0 atom stereocenters. The van der Waals surface area contributed by atoms with Crippen LogP contribution < -0.4 is 19.5 Å². The molecule has 2 heterocycles. The van der Waals surface area contributed by atoms with Crippen molar-refractivity contribution in [2.24, 2.45) is 7.05 Å². The maximum Gasteiger partial charge on any atom is 0.239 e. The molecule has 154 valence electrons. The number of hydrogen-bond acceptors (Lipinski definition) is 2. The van der Waals surface area contributed by atoms with E-state index in [0.29, 0.717) is 0 Å². The van der Waals surface area contributed by atoms with Crippen molar-refractivity contribution >= 4 is 28.2 Å². The number of ether oxygens (including phenoxy) is 1. The molecule has 0 amide bonds. The van der Waals surface area contributed by atoms with Crippen LogP contribution in [-0.2, 0) is 7.05 Å². The predicted octanol–water partition coefficient (Wildman–Crippen LogP) is 4.21. The van der Waals surface area contributed by atoms with E-state index in [4.69, 9.17) is 4.74 Å². The molecular formula is C27H26N3O+. The van der Waals surface area contributed by atoms with Crippen LogP contribution in [0.25, 0.3) is 33.8 Å². The van der Waals surface area contributed by atoms with E-state index in [1.54, 1.807) is 7.11 Å². The summed E-state index contributed by atoms with van der Waals surface area (Å²) in [5.74, 6) is 0.858. The fourth-order valence-electron chi connectivity index (χ4n) is 4.28. The van der Waals surface area contributed by atoms with E-state index in [-0.39, 0.29) is 0 Å². The van der Waals surface area contributed by atoms with Crippen molar-refractivity contribution in [2.45, 2.75) is 0 Å². The Labute approximate surface area is 182 Å². The molecule has 0 fully saturated rings. The lowest BCUT2D eigenvalue weighted by molar-refractivity contribution is -0.725. The van der Waals surface area contributed by atoms with Gasteiger partial charge in [-0.1, -0.05) is 30.3 Å². The van der Waals surface area contributed by atoms with Crippen molar-refractivity contribution in [3.63, 3.8) is 0 Å². The quantitative estimate of drug-likeness (QED) is 0.416. The van der Waals surface area contributed by atoms with Crippen molar-refractivity contribution in [3.05, 3.63) is 89.6 Å². The number of anilines is 1. The Morgan fingerprint density at radius 2 is 1.61 bits per heavy atom. The number of hydrogen-bond donors (Lipinski definition) is 0. The molecule has 31 heavy (non-hydrogen) atoms. The number of aryl methyl sites for hydroxylation is 1. The van der Waals surface area contributed by atoms with Crippen LogP contribution in [0.4, 0.5) is 5.69 Å². The standard InChI is InChI=1S/C27H26N3O/c1-28(2)21-12-10-19(11-13-21)16-24-23-15-14-22(31-4)17-26(23)30-27(24)18-25(29(30)3)20-8-6-5-7-9-20/h5-18H,1-4H3/q+1. The lowest BCUT2D eigenvalue weighted by Crippen LogP contribution is -2.36. The van der Waals surface area contributed by atoms with Crippen LogP contribution in [0.2, 0.25) is 0 Å². The molecule has 0 radical (unpaired) electrons. The zero-order valence-electron chi connectivity index (χ0n) is 18.3. The third kappa shape index (κ3) is 3.21. The van der Waals surface area contributed by atoms with Gasteiger partial charge in [0.15, 0.2) is 7.05 Å². The lowest BCUT2D eigenvalue weighted by Gasteiger charge is -2.11. The summed E-state index contributed by atoms with van der Waals surface area (Å²) >= 11 is 0. The average Bonchev–Trinajstić information content (AvgIpc) is 3.29. The normalized spacial score (nSPS) is 12.1. The van der Waals surface area contributed by atoms with Gasteiger partial charge in [0.25, 0.3) is 0 Å². The van der Waals surface area contributed by atoms with Gasteiger partial charge in [0.05, 0.1) is 7.11 Å². The smallest absolute Gasteiger partial charge is 0.239 e. The molecule has 2 aromatic heterocycles. The summed E-state index contributed by atoms with van der Waals surface area (Å²) < 4.78 is 10.0. The van der Waals surface area contributed by atoms with E-state index in [1.807, 2.05) is 6.07 Å². The van der Waals surface area contributed by atoms with Crippen molar-refractivity contribution in [1.29, 1.82) is 0 Å². The summed E-state index contributed by atoms with van der Waals surface area (Å²) in [6.45, 7) is 0. The fraction of sp³-hybridized carbons (Fsp3) is 0.148. The van der Waals surface area contributed by atoms with Gasteiger partial charge < -0.3 is 9.64 Å². The molecule has 0 unspecified atom stereocenters. The molecule has 0 saturated carbocycles. The van der Waals surface area contributed by atoms with E-state index in [2.05, 4.69) is 114 Å². The first-order chi connectivity index (χ1) is 15.1. The van der Waals surface area contributed by atoms with Crippen LogP contribution in [0.1, 0.15) is 5.56 Å². The zero-order chi connectivity index (χ0) is 21.5. The summed E-state index contributed by atoms with van der Waals surface area (Å²) in [6, 6.07) is 27.8. The highest BCUT2D eigenvalue weighted by Crippen LogP contribution is 2.24. The number of benzene rings is 3. The van der Waals surface area contributed by atoms with Crippen LogP contribution >= 0.6 is 0 Å². The summed E-state index contributed by atoms with van der Waals surface area (Å²) in [4.78, 5) is 2.12. The monoisotopic (exact) mass is 408 g/mol. The van der Waals surface area contributed by atoms with Gasteiger partial charge in [-0.05, 0) is 48.0 Å². The summed E-state index contributed by atoms with van der Waals surface area (Å²) in [6.07, 6.45) is 2.28. The molecule has 0 spiro atoms. The van der Waals surface area contributed by atoms with Crippen molar-refractivity contribution in [3.8, 4) is 17.0 Å². The molecule has 0 aliphatic heterocycles. The van der Waals surface area contributed by atoms with E-state index in [9.17, 15) is 0 Å². The van der Waals surface area contributed by atoms with E-state index < -0.39 is 0 Å². The summed E-state index contributed by atoms with van der Waals surface area (Å²) in [5, 5.41) is 2.43. The Hall–Kier alpha value is -3.79. The highest BCUT2D eigenvalue weighted by Gasteiger charge is 2.22. The molecule has 4 heteroatoms. The molecule has 0 aliphatic rings. The number of aromatic nitrogens is 2. The average molecular weight is 409 g/mol. The second-order valence-corrected chi connectivity index (χ2v) is 8.04. The molecule has 3 aromatic carbocycles. The van der Waals surface area contributed by atoms with E-state index in [0.717, 1.165) is 11.3 Å². The van der Waals surface area contributed by atoms with Gasteiger partial charge >= 0.3 is 0 Å². The van der Waals surface area contributed by atoms with Crippen LogP contribution in [0, 0.1) is 0 Å².